The summed E-state index contributed by atoms with van der Waals surface area (Å²) in [5.41, 5.74) is 3.91. The van der Waals surface area contributed by atoms with Gasteiger partial charge in [0, 0.05) is 6.42 Å². The van der Waals surface area contributed by atoms with E-state index in [1.165, 1.54) is 11.1 Å². The number of rotatable bonds is 3. The summed E-state index contributed by atoms with van der Waals surface area (Å²) in [5, 5.41) is 3.97. The lowest BCUT2D eigenvalue weighted by atomic mass is 10.0. The SMILES string of the molecule is CC1=NO[C@H](CCc2ccccc2C)C1. The van der Waals surface area contributed by atoms with Crippen LogP contribution >= 0.6 is 0 Å². The molecule has 0 saturated heterocycles. The Morgan fingerprint density at radius 3 is 2.80 bits per heavy atom. The summed E-state index contributed by atoms with van der Waals surface area (Å²) in [6.07, 6.45) is 3.43. The summed E-state index contributed by atoms with van der Waals surface area (Å²) in [4.78, 5) is 5.31. The zero-order valence-electron chi connectivity index (χ0n) is 9.36. The molecule has 0 spiro atoms. The van der Waals surface area contributed by atoms with Gasteiger partial charge in [0.25, 0.3) is 0 Å². The fourth-order valence-corrected chi connectivity index (χ4v) is 1.93. The van der Waals surface area contributed by atoms with Gasteiger partial charge in [-0.25, -0.2) is 0 Å². The van der Waals surface area contributed by atoms with Crippen molar-refractivity contribution in [1.82, 2.24) is 0 Å². The van der Waals surface area contributed by atoms with Crippen LogP contribution < -0.4 is 0 Å². The topological polar surface area (TPSA) is 21.6 Å². The van der Waals surface area contributed by atoms with E-state index in [2.05, 4.69) is 36.3 Å². The first-order chi connectivity index (χ1) is 7.25. The van der Waals surface area contributed by atoms with E-state index in [9.17, 15) is 0 Å². The molecule has 0 radical (unpaired) electrons. The van der Waals surface area contributed by atoms with E-state index in [1.807, 2.05) is 6.92 Å². The predicted octanol–water partition coefficient (Wildman–Crippen LogP) is 3.09. The van der Waals surface area contributed by atoms with Crippen molar-refractivity contribution in [3.05, 3.63) is 35.4 Å². The van der Waals surface area contributed by atoms with Gasteiger partial charge in [-0.2, -0.15) is 0 Å². The minimum atomic E-state index is 0.296. The van der Waals surface area contributed by atoms with Gasteiger partial charge in [-0.15, -0.1) is 0 Å². The van der Waals surface area contributed by atoms with E-state index in [4.69, 9.17) is 4.84 Å². The molecular weight excluding hydrogens is 186 g/mol. The zero-order valence-corrected chi connectivity index (χ0v) is 9.36. The van der Waals surface area contributed by atoms with Crippen LogP contribution in [0.1, 0.15) is 30.9 Å². The van der Waals surface area contributed by atoms with E-state index >= 15 is 0 Å². The molecule has 1 heterocycles. The molecule has 0 aliphatic carbocycles. The molecule has 2 nitrogen and oxygen atoms in total. The van der Waals surface area contributed by atoms with Gasteiger partial charge in [-0.1, -0.05) is 29.4 Å². The quantitative estimate of drug-likeness (QED) is 0.739. The van der Waals surface area contributed by atoms with Crippen LogP contribution in [0.15, 0.2) is 29.4 Å². The van der Waals surface area contributed by atoms with Crippen molar-refractivity contribution >= 4 is 5.71 Å². The molecule has 1 aromatic rings. The third-order valence-corrected chi connectivity index (χ3v) is 2.88. The molecule has 0 aromatic heterocycles. The van der Waals surface area contributed by atoms with Crippen LogP contribution in [-0.2, 0) is 11.3 Å². The third kappa shape index (κ3) is 2.58. The Balaban J connectivity index is 1.86. The largest absolute Gasteiger partial charge is 0.392 e. The van der Waals surface area contributed by atoms with Crippen molar-refractivity contribution in [3.8, 4) is 0 Å². The van der Waals surface area contributed by atoms with Crippen molar-refractivity contribution < 1.29 is 4.84 Å². The van der Waals surface area contributed by atoms with Gasteiger partial charge in [0.2, 0.25) is 0 Å². The molecule has 0 unspecified atom stereocenters. The molecule has 15 heavy (non-hydrogen) atoms. The van der Waals surface area contributed by atoms with Crippen molar-refractivity contribution in [2.45, 2.75) is 39.2 Å². The zero-order chi connectivity index (χ0) is 10.7. The van der Waals surface area contributed by atoms with Gasteiger partial charge in [-0.05, 0) is 37.8 Å². The number of benzene rings is 1. The molecule has 0 N–H and O–H groups in total. The Bertz CT molecular complexity index is 371. The predicted molar refractivity (Wildman–Crippen MR) is 62.1 cm³/mol. The molecule has 1 aromatic carbocycles. The van der Waals surface area contributed by atoms with Crippen LogP contribution in [0, 0.1) is 6.92 Å². The monoisotopic (exact) mass is 203 g/mol. The van der Waals surface area contributed by atoms with Gasteiger partial charge in [0.1, 0.15) is 6.10 Å². The third-order valence-electron chi connectivity index (χ3n) is 2.88. The molecule has 2 heteroatoms. The first kappa shape index (κ1) is 10.2. The molecule has 0 bridgehead atoms. The average molecular weight is 203 g/mol. The number of aryl methyl sites for hydroxylation is 2. The van der Waals surface area contributed by atoms with Gasteiger partial charge < -0.3 is 4.84 Å². The Morgan fingerprint density at radius 2 is 2.13 bits per heavy atom. The van der Waals surface area contributed by atoms with Crippen LogP contribution in [-0.4, -0.2) is 11.8 Å². The molecule has 0 saturated carbocycles. The van der Waals surface area contributed by atoms with Crippen LogP contribution in [0.4, 0.5) is 0 Å². The maximum Gasteiger partial charge on any atom is 0.133 e. The lowest BCUT2D eigenvalue weighted by Gasteiger charge is -2.09. The minimum absolute atomic E-state index is 0.296. The van der Waals surface area contributed by atoms with Gasteiger partial charge in [0.15, 0.2) is 0 Å². The molecule has 0 amide bonds. The number of hydrogen-bond acceptors (Lipinski definition) is 2. The van der Waals surface area contributed by atoms with E-state index in [-0.39, 0.29) is 0 Å². The Kier molecular flexibility index (Phi) is 3.05. The highest BCUT2D eigenvalue weighted by Crippen LogP contribution is 2.17. The highest BCUT2D eigenvalue weighted by molar-refractivity contribution is 5.82. The molecule has 2 rings (SSSR count). The van der Waals surface area contributed by atoms with Crippen molar-refractivity contribution in [2.75, 3.05) is 0 Å². The highest BCUT2D eigenvalue weighted by atomic mass is 16.6. The summed E-state index contributed by atoms with van der Waals surface area (Å²) < 4.78 is 0. The van der Waals surface area contributed by atoms with Crippen LogP contribution in [0.3, 0.4) is 0 Å². The summed E-state index contributed by atoms with van der Waals surface area (Å²) >= 11 is 0. The Labute approximate surface area is 90.9 Å². The van der Waals surface area contributed by atoms with Crippen LogP contribution in [0.5, 0.6) is 0 Å². The van der Waals surface area contributed by atoms with Gasteiger partial charge in [0.05, 0.1) is 5.71 Å². The summed E-state index contributed by atoms with van der Waals surface area (Å²) in [5.74, 6) is 0. The number of nitrogens with zero attached hydrogens (tertiary/aromatic N) is 1. The van der Waals surface area contributed by atoms with E-state index in [0.29, 0.717) is 6.10 Å². The standard InChI is InChI=1S/C13H17NO/c1-10-5-3-4-6-12(10)7-8-13-9-11(2)14-15-13/h3-6,13H,7-9H2,1-2H3/t13-/m1/s1. The molecule has 1 aliphatic heterocycles. The minimum Gasteiger partial charge on any atom is -0.392 e. The average Bonchev–Trinajstić information content (AvgIpc) is 2.63. The molecule has 1 aliphatic rings. The summed E-state index contributed by atoms with van der Waals surface area (Å²) in [6.45, 7) is 4.18. The second kappa shape index (κ2) is 4.47. The maximum atomic E-state index is 5.31. The Morgan fingerprint density at radius 1 is 1.33 bits per heavy atom. The van der Waals surface area contributed by atoms with Crippen molar-refractivity contribution in [1.29, 1.82) is 0 Å². The van der Waals surface area contributed by atoms with E-state index < -0.39 is 0 Å². The first-order valence-electron chi connectivity index (χ1n) is 5.49. The van der Waals surface area contributed by atoms with Gasteiger partial charge >= 0.3 is 0 Å². The molecular formula is C13H17NO. The van der Waals surface area contributed by atoms with Crippen LogP contribution in [0.25, 0.3) is 0 Å². The smallest absolute Gasteiger partial charge is 0.133 e. The summed E-state index contributed by atoms with van der Waals surface area (Å²) in [6, 6.07) is 8.53. The summed E-state index contributed by atoms with van der Waals surface area (Å²) in [7, 11) is 0. The number of oxime groups is 1. The van der Waals surface area contributed by atoms with Crippen LogP contribution in [0.2, 0.25) is 0 Å². The van der Waals surface area contributed by atoms with E-state index in [0.717, 1.165) is 25.0 Å². The normalized spacial score (nSPS) is 19.9. The maximum absolute atomic E-state index is 5.31. The molecule has 0 fully saturated rings. The van der Waals surface area contributed by atoms with Crippen molar-refractivity contribution in [3.63, 3.8) is 0 Å². The van der Waals surface area contributed by atoms with Gasteiger partial charge in [-0.3, -0.25) is 0 Å². The molecule has 80 valence electrons. The van der Waals surface area contributed by atoms with E-state index in [1.54, 1.807) is 0 Å². The molecule has 1 atom stereocenters. The Hall–Kier alpha value is -1.31. The second-order valence-electron chi connectivity index (χ2n) is 4.22. The second-order valence-corrected chi connectivity index (χ2v) is 4.22. The highest BCUT2D eigenvalue weighted by Gasteiger charge is 2.17. The fourth-order valence-electron chi connectivity index (χ4n) is 1.93. The lowest BCUT2D eigenvalue weighted by Crippen LogP contribution is -2.08. The lowest BCUT2D eigenvalue weighted by molar-refractivity contribution is 0.0793. The number of hydrogen-bond donors (Lipinski definition) is 0. The first-order valence-corrected chi connectivity index (χ1v) is 5.49. The fraction of sp³-hybridized carbons (Fsp3) is 0.462. The van der Waals surface area contributed by atoms with Crippen molar-refractivity contribution in [2.24, 2.45) is 5.16 Å².